The second-order valence-electron chi connectivity index (χ2n) is 13.3. The van der Waals surface area contributed by atoms with E-state index >= 15 is 0 Å². The number of benzene rings is 2. The molecule has 47 heavy (non-hydrogen) atoms. The number of carbonyl (C=O) groups is 1. The van der Waals surface area contributed by atoms with Gasteiger partial charge in [0.1, 0.15) is 0 Å². The fraction of sp³-hybridized carbons (Fsp3) is 0.436. The van der Waals surface area contributed by atoms with Gasteiger partial charge in [-0.3, -0.25) is 4.79 Å². The third kappa shape index (κ3) is 10.9. The molecule has 8 heteroatoms. The van der Waals surface area contributed by atoms with E-state index in [0.717, 1.165) is 53.7 Å². The Morgan fingerprint density at radius 3 is 2.17 bits per heavy atom. The summed E-state index contributed by atoms with van der Waals surface area (Å²) in [7, 11) is 0. The van der Waals surface area contributed by atoms with Gasteiger partial charge in [0.15, 0.2) is 5.78 Å². The molecule has 0 spiro atoms. The predicted molar refractivity (Wildman–Crippen MR) is 186 cm³/mol. The van der Waals surface area contributed by atoms with E-state index in [4.69, 9.17) is 1.37 Å². The van der Waals surface area contributed by atoms with Gasteiger partial charge in [0.25, 0.3) is 0 Å². The van der Waals surface area contributed by atoms with Gasteiger partial charge in [-0.15, -0.1) is 46.2 Å². The van der Waals surface area contributed by atoms with Crippen molar-refractivity contribution in [2.45, 2.75) is 94.2 Å². The van der Waals surface area contributed by atoms with Crippen molar-refractivity contribution in [1.82, 2.24) is 4.98 Å². The normalized spacial score (nSPS) is 13.1. The maximum absolute atomic E-state index is 14.3. The molecule has 257 valence electrons. The third-order valence-corrected chi connectivity index (χ3v) is 9.24. The van der Waals surface area contributed by atoms with E-state index in [1.165, 1.54) is 12.1 Å². The zero-order valence-corrected chi connectivity index (χ0v) is 32.0. The first-order valence-electron chi connectivity index (χ1n) is 16.4. The van der Waals surface area contributed by atoms with E-state index in [1.54, 1.807) is 12.1 Å². The second kappa shape index (κ2) is 17.0. The van der Waals surface area contributed by atoms with Crippen LogP contribution in [-0.4, -0.2) is 15.9 Å². The quantitative estimate of drug-likeness (QED) is 0.104. The summed E-state index contributed by atoms with van der Waals surface area (Å²) < 4.78 is 51.5. The van der Waals surface area contributed by atoms with E-state index in [9.17, 15) is 23.1 Å². The summed E-state index contributed by atoms with van der Waals surface area (Å²) in [6.07, 6.45) is 0.0452. The minimum absolute atomic E-state index is 0. The van der Waals surface area contributed by atoms with Crippen LogP contribution in [-0.2, 0) is 37.5 Å². The van der Waals surface area contributed by atoms with Crippen molar-refractivity contribution in [3.8, 4) is 21.7 Å². The molecule has 0 aliphatic rings. The van der Waals surface area contributed by atoms with Gasteiger partial charge in [0.2, 0.25) is 0 Å². The summed E-state index contributed by atoms with van der Waals surface area (Å²) in [5.41, 5.74) is 3.80. The Morgan fingerprint density at radius 1 is 1.04 bits per heavy atom. The Bertz CT molecular complexity index is 1700. The number of aryl methyl sites for hydroxylation is 2. The van der Waals surface area contributed by atoms with E-state index < -0.39 is 11.7 Å². The van der Waals surface area contributed by atoms with Gasteiger partial charge in [-0.25, -0.2) is 0 Å². The molecule has 0 aliphatic heterocycles. The van der Waals surface area contributed by atoms with Gasteiger partial charge in [-0.05, 0) is 53.7 Å². The summed E-state index contributed by atoms with van der Waals surface area (Å²) in [5.74, 6) is 0.451. The van der Waals surface area contributed by atoms with Crippen molar-refractivity contribution in [2.24, 2.45) is 17.3 Å². The van der Waals surface area contributed by atoms with Crippen molar-refractivity contribution in [3.63, 3.8) is 0 Å². The number of alkyl halides is 3. The Labute approximate surface area is 297 Å². The molecule has 0 saturated carbocycles. The molecule has 2 aromatic heterocycles. The molecule has 0 aliphatic carbocycles. The first-order valence-corrected chi connectivity index (χ1v) is 16.8. The average Bonchev–Trinajstić information content (AvgIpc) is 3.36. The van der Waals surface area contributed by atoms with Crippen LogP contribution in [0.2, 0.25) is 0 Å². The van der Waals surface area contributed by atoms with Crippen molar-refractivity contribution < 1.29 is 44.5 Å². The summed E-state index contributed by atoms with van der Waals surface area (Å²) in [6, 6.07) is 15.5. The van der Waals surface area contributed by atoms with Gasteiger partial charge < -0.3 is 10.1 Å². The van der Waals surface area contributed by atoms with Crippen LogP contribution in [0.4, 0.5) is 13.2 Å². The van der Waals surface area contributed by atoms with Crippen molar-refractivity contribution in [1.29, 1.82) is 0 Å². The van der Waals surface area contributed by atoms with Crippen molar-refractivity contribution >= 4 is 27.2 Å². The smallest absolute Gasteiger partial charge is 0.418 e. The molecule has 3 nitrogen and oxygen atoms in total. The first kappa shape index (κ1) is 38.6. The number of carbonyl (C=O) groups excluding carboxylic acids is 1. The fourth-order valence-corrected chi connectivity index (χ4v) is 6.66. The molecule has 1 radical (unpaired) electrons. The SMILES string of the molecule is CCC(CC)C(=O)/C=C(\O)C(C)CC.[2H]c1cc2c(C(F)(F)F)c(-c3ccc(CC(C)(C)C)cc3)sc2c(-c2[c-]c(C)cc(C)c2)n1.[Ir]. The van der Waals surface area contributed by atoms with Gasteiger partial charge in [0.05, 0.1) is 12.7 Å². The fourth-order valence-electron chi connectivity index (χ4n) is 5.35. The van der Waals surface area contributed by atoms with Crippen LogP contribution in [0.1, 0.15) is 91.4 Å². The van der Waals surface area contributed by atoms with Crippen LogP contribution in [0.5, 0.6) is 0 Å². The Balaban J connectivity index is 0.000000454. The zero-order chi connectivity index (χ0) is 35.3. The minimum Gasteiger partial charge on any atom is -0.512 e. The maximum Gasteiger partial charge on any atom is 0.418 e. The van der Waals surface area contributed by atoms with Gasteiger partial charge in [-0.2, -0.15) is 13.2 Å². The van der Waals surface area contributed by atoms with E-state index in [0.29, 0.717) is 21.5 Å². The minimum atomic E-state index is -4.56. The molecule has 0 saturated heterocycles. The number of nitrogens with zero attached hydrogens (tertiary/aromatic N) is 1. The van der Waals surface area contributed by atoms with Gasteiger partial charge >= 0.3 is 6.18 Å². The molecule has 1 N–H and O–H groups in total. The summed E-state index contributed by atoms with van der Waals surface area (Å²) in [5, 5.41) is 9.59. The van der Waals surface area contributed by atoms with Gasteiger partial charge in [-0.1, -0.05) is 86.6 Å². The molecule has 4 aromatic rings. The molecule has 0 bridgehead atoms. The topological polar surface area (TPSA) is 50.2 Å². The summed E-state index contributed by atoms with van der Waals surface area (Å²) >= 11 is 1.08. The van der Waals surface area contributed by atoms with Crippen molar-refractivity contribution in [2.75, 3.05) is 0 Å². The zero-order valence-electron chi connectivity index (χ0n) is 29.8. The number of hydrogen-bond acceptors (Lipinski definition) is 4. The van der Waals surface area contributed by atoms with Gasteiger partial charge in [0, 0.05) is 59.5 Å². The number of aliphatic hydroxyl groups is 1. The van der Waals surface area contributed by atoms with E-state index in [1.807, 2.05) is 65.8 Å². The summed E-state index contributed by atoms with van der Waals surface area (Å²) in [6.45, 7) is 18.1. The first-order chi connectivity index (χ1) is 21.9. The Morgan fingerprint density at radius 2 is 1.66 bits per heavy atom. The number of halogens is 3. The van der Waals surface area contributed by atoms with E-state index in [2.05, 4.69) is 31.8 Å². The molecule has 2 aromatic carbocycles. The third-order valence-electron chi connectivity index (χ3n) is 7.98. The number of thiophene rings is 1. The monoisotopic (exact) mass is 844 g/mol. The number of fused-ring (bicyclic) bond motifs is 1. The molecular weight excluding hydrogens is 796 g/mol. The predicted octanol–water partition coefficient (Wildman–Crippen LogP) is 12.1. The van der Waals surface area contributed by atoms with Crippen LogP contribution in [0.3, 0.4) is 0 Å². The average molecular weight is 844 g/mol. The molecular formula is C39H47F3IrNO2S-. The Kier molecular flexibility index (Phi) is 14.0. The Hall–Kier alpha value is -2.80. The number of aromatic nitrogens is 1. The molecule has 0 amide bonds. The van der Waals surface area contributed by atoms with Crippen LogP contribution in [0, 0.1) is 37.2 Å². The van der Waals surface area contributed by atoms with Crippen LogP contribution < -0.4 is 0 Å². The van der Waals surface area contributed by atoms with Crippen molar-refractivity contribution in [3.05, 3.63) is 88.8 Å². The van der Waals surface area contributed by atoms with Crippen LogP contribution in [0.15, 0.2) is 60.5 Å². The number of ketones is 1. The number of aliphatic hydroxyl groups excluding tert-OH is 1. The molecule has 1 atom stereocenters. The number of pyridine rings is 1. The number of hydrogen-bond donors (Lipinski definition) is 1. The van der Waals surface area contributed by atoms with Crippen LogP contribution in [0.25, 0.3) is 31.8 Å². The second-order valence-corrected chi connectivity index (χ2v) is 14.3. The van der Waals surface area contributed by atoms with E-state index in [-0.39, 0.29) is 65.3 Å². The van der Waals surface area contributed by atoms with Crippen LogP contribution >= 0.6 is 11.3 Å². The summed E-state index contributed by atoms with van der Waals surface area (Å²) in [4.78, 5) is 16.1. The maximum atomic E-state index is 14.3. The molecule has 2 heterocycles. The molecule has 1 unspecified atom stereocenters. The molecule has 0 fully saturated rings. The number of allylic oxidation sites excluding steroid dienone is 2. The molecule has 4 rings (SSSR count). The number of rotatable bonds is 9. The standard InChI is InChI=1S/C27H25F3NS.C12H22O2.Ir/c1-16-12-17(2)14-20(13-16)23-25-21(10-11-31-23)22(27(28,29)30)24(32-25)19-8-6-18(7-9-19)15-26(3,4)5;1-5-9(4)11(13)8-12(14)10(6-2)7-3;/h6-13H,15H2,1-5H3;8-10,13H,5-7H2,1-4H3;/q-1;;/b;11-8-;/i11D;;. The largest absolute Gasteiger partial charge is 0.512 e.